The third kappa shape index (κ3) is 2.37. The van der Waals surface area contributed by atoms with Gasteiger partial charge in [-0.3, -0.25) is 4.57 Å². The molecule has 1 aromatic heterocycles. The minimum Gasteiger partial charge on any atom is -0.279 e. The summed E-state index contributed by atoms with van der Waals surface area (Å²) in [5.41, 5.74) is 0.162. The van der Waals surface area contributed by atoms with E-state index in [1.807, 2.05) is 4.57 Å². The summed E-state index contributed by atoms with van der Waals surface area (Å²) in [6.45, 7) is 5.87. The van der Waals surface area contributed by atoms with Gasteiger partial charge in [0.15, 0.2) is 0 Å². The lowest BCUT2D eigenvalue weighted by atomic mass is 9.84. The zero-order valence-corrected chi connectivity index (χ0v) is 12.2. The number of thiol groups is 1. The second kappa shape index (κ2) is 5.51. The van der Waals surface area contributed by atoms with Crippen molar-refractivity contribution >= 4 is 12.6 Å². The molecule has 4 nitrogen and oxygen atoms in total. The summed E-state index contributed by atoms with van der Waals surface area (Å²) < 4.78 is 3.52. The van der Waals surface area contributed by atoms with Gasteiger partial charge in [-0.2, -0.15) is 17.7 Å². The van der Waals surface area contributed by atoms with Crippen LogP contribution in [-0.2, 0) is 19.5 Å². The minimum atomic E-state index is 0.0674. The Bertz CT molecular complexity index is 451. The van der Waals surface area contributed by atoms with Crippen LogP contribution in [0.1, 0.15) is 45.4 Å². The van der Waals surface area contributed by atoms with Gasteiger partial charge in [-0.05, 0) is 36.9 Å². The molecule has 1 aliphatic rings. The van der Waals surface area contributed by atoms with Crippen LogP contribution < -0.4 is 5.69 Å². The van der Waals surface area contributed by atoms with Crippen molar-refractivity contribution < 1.29 is 0 Å². The Kier molecular flexibility index (Phi) is 4.20. The first-order chi connectivity index (χ1) is 8.65. The fourth-order valence-corrected chi connectivity index (χ4v) is 3.16. The highest BCUT2D eigenvalue weighted by Crippen LogP contribution is 2.29. The van der Waals surface area contributed by atoms with E-state index >= 15 is 0 Å². The molecule has 0 saturated carbocycles. The molecule has 102 valence electrons. The van der Waals surface area contributed by atoms with Crippen LogP contribution in [0.2, 0.25) is 0 Å². The van der Waals surface area contributed by atoms with Gasteiger partial charge >= 0.3 is 5.69 Å². The average Bonchev–Trinajstić information content (AvgIpc) is 2.73. The summed E-state index contributed by atoms with van der Waals surface area (Å²) in [4.78, 5) is 12.3. The topological polar surface area (TPSA) is 39.8 Å². The van der Waals surface area contributed by atoms with Crippen molar-refractivity contribution in [3.05, 3.63) is 16.3 Å². The fraction of sp³-hybridized carbons (Fsp3) is 0.846. The number of aryl methyl sites for hydroxylation is 1. The van der Waals surface area contributed by atoms with Crippen LogP contribution >= 0.6 is 12.6 Å². The Hall–Kier alpha value is -0.710. The molecule has 2 heterocycles. The van der Waals surface area contributed by atoms with Gasteiger partial charge in [-0.1, -0.05) is 13.8 Å². The maximum Gasteiger partial charge on any atom is 0.345 e. The zero-order chi connectivity index (χ0) is 13.2. The molecule has 18 heavy (non-hydrogen) atoms. The van der Waals surface area contributed by atoms with Crippen LogP contribution in [0.3, 0.4) is 0 Å². The monoisotopic (exact) mass is 269 g/mol. The molecule has 0 aromatic carbocycles. The van der Waals surface area contributed by atoms with Crippen molar-refractivity contribution in [3.8, 4) is 0 Å². The SMILES string of the molecule is CCC(CC)(CS)Cn1nc2n(c1=O)CCCC2. The lowest BCUT2D eigenvalue weighted by Crippen LogP contribution is -2.34. The van der Waals surface area contributed by atoms with E-state index in [9.17, 15) is 4.79 Å². The van der Waals surface area contributed by atoms with Crippen molar-refractivity contribution in [1.29, 1.82) is 0 Å². The summed E-state index contributed by atoms with van der Waals surface area (Å²) >= 11 is 4.47. The van der Waals surface area contributed by atoms with Crippen LogP contribution in [-0.4, -0.2) is 20.1 Å². The molecule has 1 aliphatic heterocycles. The number of fused-ring (bicyclic) bond motifs is 1. The van der Waals surface area contributed by atoms with Crippen LogP contribution in [0.15, 0.2) is 4.79 Å². The third-order valence-corrected chi connectivity index (χ3v) is 5.02. The first-order valence-corrected chi connectivity index (χ1v) is 7.56. The maximum atomic E-state index is 12.3. The molecule has 0 N–H and O–H groups in total. The standard InChI is InChI=1S/C13H23N3OS/c1-3-13(4-2,10-18)9-16-12(17)15-8-6-5-7-11(15)14-16/h18H,3-10H2,1-2H3. The first-order valence-electron chi connectivity index (χ1n) is 6.93. The molecule has 0 bridgehead atoms. The molecular formula is C13H23N3OS. The van der Waals surface area contributed by atoms with E-state index in [0.29, 0.717) is 6.54 Å². The molecule has 0 spiro atoms. The molecule has 0 fully saturated rings. The number of hydrogen-bond donors (Lipinski definition) is 1. The summed E-state index contributed by atoms with van der Waals surface area (Å²) in [6.07, 6.45) is 5.24. The largest absolute Gasteiger partial charge is 0.345 e. The number of nitrogens with zero attached hydrogens (tertiary/aromatic N) is 3. The van der Waals surface area contributed by atoms with Crippen molar-refractivity contribution in [1.82, 2.24) is 14.3 Å². The predicted octanol–water partition coefficient (Wildman–Crippen LogP) is 2.12. The Morgan fingerprint density at radius 3 is 2.61 bits per heavy atom. The van der Waals surface area contributed by atoms with E-state index in [0.717, 1.165) is 50.2 Å². The third-order valence-electron chi connectivity index (χ3n) is 4.35. The number of hydrogen-bond acceptors (Lipinski definition) is 3. The molecule has 2 rings (SSSR count). The van der Waals surface area contributed by atoms with Crippen LogP contribution in [0.4, 0.5) is 0 Å². The quantitative estimate of drug-likeness (QED) is 0.832. The van der Waals surface area contributed by atoms with Gasteiger partial charge in [-0.15, -0.1) is 0 Å². The second-order valence-electron chi connectivity index (χ2n) is 5.33. The Morgan fingerprint density at radius 2 is 2.06 bits per heavy atom. The van der Waals surface area contributed by atoms with E-state index in [4.69, 9.17) is 0 Å². The summed E-state index contributed by atoms with van der Waals surface area (Å²) in [6, 6.07) is 0. The van der Waals surface area contributed by atoms with Crippen LogP contribution in [0, 0.1) is 5.41 Å². The highest BCUT2D eigenvalue weighted by atomic mass is 32.1. The van der Waals surface area contributed by atoms with E-state index in [-0.39, 0.29) is 11.1 Å². The molecule has 0 amide bonds. The smallest absolute Gasteiger partial charge is 0.279 e. The van der Waals surface area contributed by atoms with Gasteiger partial charge in [0.05, 0.1) is 6.54 Å². The van der Waals surface area contributed by atoms with Crippen LogP contribution in [0.5, 0.6) is 0 Å². The van der Waals surface area contributed by atoms with Gasteiger partial charge in [-0.25, -0.2) is 9.48 Å². The van der Waals surface area contributed by atoms with Crippen molar-refractivity contribution in [2.45, 2.75) is 59.0 Å². The van der Waals surface area contributed by atoms with E-state index in [2.05, 4.69) is 31.6 Å². The number of rotatable bonds is 5. The predicted molar refractivity (Wildman–Crippen MR) is 76.3 cm³/mol. The first kappa shape index (κ1) is 13.7. The van der Waals surface area contributed by atoms with Gasteiger partial charge < -0.3 is 0 Å². The van der Waals surface area contributed by atoms with Crippen molar-refractivity contribution in [2.24, 2.45) is 5.41 Å². The lowest BCUT2D eigenvalue weighted by Gasteiger charge is -2.29. The molecule has 0 aliphatic carbocycles. The highest BCUT2D eigenvalue weighted by molar-refractivity contribution is 7.80. The minimum absolute atomic E-state index is 0.0674. The molecule has 0 unspecified atom stereocenters. The zero-order valence-electron chi connectivity index (χ0n) is 11.4. The van der Waals surface area contributed by atoms with Gasteiger partial charge in [0.2, 0.25) is 0 Å². The van der Waals surface area contributed by atoms with Crippen molar-refractivity contribution in [3.63, 3.8) is 0 Å². The molecular weight excluding hydrogens is 246 g/mol. The van der Waals surface area contributed by atoms with E-state index in [1.54, 1.807) is 4.68 Å². The molecule has 0 saturated heterocycles. The fourth-order valence-electron chi connectivity index (χ4n) is 2.62. The maximum absolute atomic E-state index is 12.3. The summed E-state index contributed by atoms with van der Waals surface area (Å²) in [7, 11) is 0. The van der Waals surface area contributed by atoms with Crippen molar-refractivity contribution in [2.75, 3.05) is 5.75 Å². The highest BCUT2D eigenvalue weighted by Gasteiger charge is 2.28. The summed E-state index contributed by atoms with van der Waals surface area (Å²) in [5.74, 6) is 1.76. The van der Waals surface area contributed by atoms with E-state index in [1.165, 1.54) is 0 Å². The van der Waals surface area contributed by atoms with Gasteiger partial charge in [0.1, 0.15) is 5.82 Å². The van der Waals surface area contributed by atoms with Gasteiger partial charge in [0, 0.05) is 13.0 Å². The van der Waals surface area contributed by atoms with E-state index < -0.39 is 0 Å². The molecule has 1 aromatic rings. The van der Waals surface area contributed by atoms with Crippen LogP contribution in [0.25, 0.3) is 0 Å². The Labute approximate surface area is 114 Å². The van der Waals surface area contributed by atoms with Gasteiger partial charge in [0.25, 0.3) is 0 Å². The molecule has 0 atom stereocenters. The molecule has 5 heteroatoms. The molecule has 0 radical (unpaired) electrons. The lowest BCUT2D eigenvalue weighted by molar-refractivity contribution is 0.242. The Balaban J connectivity index is 2.29. The second-order valence-corrected chi connectivity index (χ2v) is 5.65. The number of aromatic nitrogens is 3. The Morgan fingerprint density at radius 1 is 1.33 bits per heavy atom. The normalized spacial score (nSPS) is 15.7. The average molecular weight is 269 g/mol. The summed E-state index contributed by atoms with van der Waals surface area (Å²) in [5, 5.41) is 4.51.